The fourth-order valence-electron chi connectivity index (χ4n) is 1.93. The van der Waals surface area contributed by atoms with Crippen LogP contribution in [-0.2, 0) is 10.5 Å². The number of nitrogens with zero attached hydrogens (tertiary/aromatic N) is 2. The SMILES string of the molecule is CC(SCc1ccc(Cl)cc1)C(=O)Nc1ccnn1C(C)C. The van der Waals surface area contributed by atoms with Gasteiger partial charge in [-0.1, -0.05) is 23.7 Å². The molecule has 0 radical (unpaired) electrons. The summed E-state index contributed by atoms with van der Waals surface area (Å²) in [4.78, 5) is 12.3. The number of rotatable bonds is 6. The predicted octanol–water partition coefficient (Wildman–Crippen LogP) is 4.38. The maximum Gasteiger partial charge on any atom is 0.238 e. The molecule has 1 unspecified atom stereocenters. The van der Waals surface area contributed by atoms with Gasteiger partial charge in [0.25, 0.3) is 0 Å². The number of anilines is 1. The van der Waals surface area contributed by atoms with Crippen molar-refractivity contribution in [3.8, 4) is 0 Å². The molecule has 0 saturated heterocycles. The summed E-state index contributed by atoms with van der Waals surface area (Å²) < 4.78 is 1.80. The second-order valence-electron chi connectivity index (χ2n) is 5.32. The number of benzene rings is 1. The van der Waals surface area contributed by atoms with E-state index in [2.05, 4.69) is 10.4 Å². The molecule has 0 bridgehead atoms. The molecule has 6 heteroatoms. The molecule has 22 heavy (non-hydrogen) atoms. The van der Waals surface area contributed by atoms with Crippen LogP contribution in [-0.4, -0.2) is 20.9 Å². The minimum absolute atomic E-state index is 0.0126. The molecule has 4 nitrogen and oxygen atoms in total. The maximum atomic E-state index is 12.3. The first-order chi connectivity index (χ1) is 10.5. The third-order valence-electron chi connectivity index (χ3n) is 3.19. The Morgan fingerprint density at radius 1 is 1.27 bits per heavy atom. The highest BCUT2D eigenvalue weighted by Gasteiger charge is 2.16. The molecule has 0 aliphatic heterocycles. The fourth-order valence-corrected chi connectivity index (χ4v) is 2.90. The average Bonchev–Trinajstić information content (AvgIpc) is 2.94. The van der Waals surface area contributed by atoms with E-state index < -0.39 is 0 Å². The lowest BCUT2D eigenvalue weighted by Gasteiger charge is -2.15. The van der Waals surface area contributed by atoms with Crippen molar-refractivity contribution in [2.24, 2.45) is 0 Å². The van der Waals surface area contributed by atoms with Crippen LogP contribution in [0.4, 0.5) is 5.82 Å². The van der Waals surface area contributed by atoms with E-state index in [1.807, 2.05) is 51.1 Å². The Morgan fingerprint density at radius 3 is 2.59 bits per heavy atom. The van der Waals surface area contributed by atoms with Gasteiger partial charge in [-0.05, 0) is 38.5 Å². The molecule has 1 atom stereocenters. The van der Waals surface area contributed by atoms with Gasteiger partial charge in [0.15, 0.2) is 0 Å². The monoisotopic (exact) mass is 337 g/mol. The minimum Gasteiger partial charge on any atom is -0.310 e. The van der Waals surface area contributed by atoms with Gasteiger partial charge < -0.3 is 5.32 Å². The van der Waals surface area contributed by atoms with Crippen molar-refractivity contribution >= 4 is 35.1 Å². The van der Waals surface area contributed by atoms with Gasteiger partial charge in [-0.2, -0.15) is 5.10 Å². The van der Waals surface area contributed by atoms with Gasteiger partial charge in [0, 0.05) is 22.9 Å². The molecule has 2 aromatic rings. The van der Waals surface area contributed by atoms with Crippen LogP contribution >= 0.6 is 23.4 Å². The van der Waals surface area contributed by atoms with Crippen LogP contribution < -0.4 is 5.32 Å². The van der Waals surface area contributed by atoms with E-state index in [0.29, 0.717) is 0 Å². The molecule has 0 spiro atoms. The highest BCUT2D eigenvalue weighted by molar-refractivity contribution is 7.99. The highest BCUT2D eigenvalue weighted by Crippen LogP contribution is 2.21. The van der Waals surface area contributed by atoms with Crippen molar-refractivity contribution in [1.29, 1.82) is 0 Å². The summed E-state index contributed by atoms with van der Waals surface area (Å²) in [6, 6.07) is 9.71. The van der Waals surface area contributed by atoms with Gasteiger partial charge in [-0.25, -0.2) is 4.68 Å². The molecule has 1 aromatic carbocycles. The van der Waals surface area contributed by atoms with Gasteiger partial charge in [0.1, 0.15) is 5.82 Å². The van der Waals surface area contributed by atoms with Crippen molar-refractivity contribution < 1.29 is 4.79 Å². The quantitative estimate of drug-likeness (QED) is 0.851. The Bertz CT molecular complexity index is 625. The Kier molecular flexibility index (Phi) is 5.91. The van der Waals surface area contributed by atoms with Crippen LogP contribution in [0.3, 0.4) is 0 Å². The Morgan fingerprint density at radius 2 is 1.95 bits per heavy atom. The molecule has 118 valence electrons. The number of carbonyl (C=O) groups is 1. The smallest absolute Gasteiger partial charge is 0.238 e. The molecule has 0 fully saturated rings. The highest BCUT2D eigenvalue weighted by atomic mass is 35.5. The topological polar surface area (TPSA) is 46.9 Å². The van der Waals surface area contributed by atoms with Crippen molar-refractivity contribution in [3.63, 3.8) is 0 Å². The predicted molar refractivity (Wildman–Crippen MR) is 93.5 cm³/mol. The van der Waals surface area contributed by atoms with E-state index >= 15 is 0 Å². The number of hydrogen-bond donors (Lipinski definition) is 1. The van der Waals surface area contributed by atoms with E-state index in [0.717, 1.165) is 22.2 Å². The van der Waals surface area contributed by atoms with Gasteiger partial charge in [-0.15, -0.1) is 11.8 Å². The number of carbonyl (C=O) groups excluding carboxylic acids is 1. The van der Waals surface area contributed by atoms with E-state index in [1.54, 1.807) is 22.6 Å². The standard InChI is InChI=1S/C16H20ClN3OS/c1-11(2)20-15(8-9-18-20)19-16(21)12(3)22-10-13-4-6-14(17)7-5-13/h4-9,11-12H,10H2,1-3H3,(H,19,21). The third kappa shape index (κ3) is 4.52. The van der Waals surface area contributed by atoms with E-state index in [-0.39, 0.29) is 17.2 Å². The Hall–Kier alpha value is -1.46. The lowest BCUT2D eigenvalue weighted by Crippen LogP contribution is -2.24. The number of halogens is 1. The number of thioether (sulfide) groups is 1. The van der Waals surface area contributed by atoms with Crippen molar-refractivity contribution in [2.45, 2.75) is 37.8 Å². The molecule has 1 amide bonds. The molecule has 0 aliphatic rings. The molecular formula is C16H20ClN3OS. The zero-order chi connectivity index (χ0) is 16.1. The second-order valence-corrected chi connectivity index (χ2v) is 7.09. The van der Waals surface area contributed by atoms with E-state index in [1.165, 1.54) is 0 Å². The van der Waals surface area contributed by atoms with Crippen LogP contribution in [0, 0.1) is 0 Å². The maximum absolute atomic E-state index is 12.3. The van der Waals surface area contributed by atoms with Gasteiger partial charge >= 0.3 is 0 Å². The molecule has 1 N–H and O–H groups in total. The molecule has 1 heterocycles. The summed E-state index contributed by atoms with van der Waals surface area (Å²) in [5.41, 5.74) is 1.15. The Labute approximate surface area is 140 Å². The van der Waals surface area contributed by atoms with E-state index in [4.69, 9.17) is 11.6 Å². The van der Waals surface area contributed by atoms with Crippen LogP contribution in [0.2, 0.25) is 5.02 Å². The summed E-state index contributed by atoms with van der Waals surface area (Å²) in [5.74, 6) is 1.50. The molecular weight excluding hydrogens is 318 g/mol. The third-order valence-corrected chi connectivity index (χ3v) is 4.66. The number of aromatic nitrogens is 2. The van der Waals surface area contributed by atoms with Crippen molar-refractivity contribution in [2.75, 3.05) is 5.32 Å². The minimum atomic E-state index is -0.147. The van der Waals surface area contributed by atoms with Crippen molar-refractivity contribution in [1.82, 2.24) is 9.78 Å². The number of amides is 1. The zero-order valence-electron chi connectivity index (χ0n) is 12.9. The first-order valence-corrected chi connectivity index (χ1v) is 8.60. The Balaban J connectivity index is 1.89. The summed E-state index contributed by atoms with van der Waals surface area (Å²) >= 11 is 7.46. The largest absolute Gasteiger partial charge is 0.310 e. The molecule has 1 aromatic heterocycles. The van der Waals surface area contributed by atoms with Gasteiger partial charge in [0.05, 0.1) is 11.4 Å². The first kappa shape index (κ1) is 16.9. The number of hydrogen-bond acceptors (Lipinski definition) is 3. The van der Waals surface area contributed by atoms with Crippen LogP contribution in [0.5, 0.6) is 0 Å². The molecule has 2 rings (SSSR count). The van der Waals surface area contributed by atoms with Gasteiger partial charge in [-0.3, -0.25) is 4.79 Å². The second kappa shape index (κ2) is 7.70. The summed E-state index contributed by atoms with van der Waals surface area (Å²) in [5, 5.41) is 7.73. The van der Waals surface area contributed by atoms with Crippen LogP contribution in [0.25, 0.3) is 0 Å². The lowest BCUT2D eigenvalue weighted by atomic mass is 10.2. The van der Waals surface area contributed by atoms with Crippen LogP contribution in [0.15, 0.2) is 36.5 Å². The van der Waals surface area contributed by atoms with Gasteiger partial charge in [0.2, 0.25) is 5.91 Å². The summed E-state index contributed by atoms with van der Waals surface area (Å²) in [6.07, 6.45) is 1.70. The average molecular weight is 338 g/mol. The van der Waals surface area contributed by atoms with E-state index in [9.17, 15) is 4.79 Å². The molecule has 0 saturated carbocycles. The summed E-state index contributed by atoms with van der Waals surface area (Å²) in [6.45, 7) is 5.97. The zero-order valence-corrected chi connectivity index (χ0v) is 14.5. The summed E-state index contributed by atoms with van der Waals surface area (Å²) in [7, 11) is 0. The normalized spacial score (nSPS) is 12.4. The number of nitrogens with one attached hydrogen (secondary N) is 1. The fraction of sp³-hybridized carbons (Fsp3) is 0.375. The first-order valence-electron chi connectivity index (χ1n) is 7.18. The molecule has 0 aliphatic carbocycles. The lowest BCUT2D eigenvalue weighted by molar-refractivity contribution is -0.115. The van der Waals surface area contributed by atoms with Crippen LogP contribution in [0.1, 0.15) is 32.4 Å². The van der Waals surface area contributed by atoms with Crippen molar-refractivity contribution in [3.05, 3.63) is 47.1 Å².